The van der Waals surface area contributed by atoms with Gasteiger partial charge >= 0.3 is 0 Å². The molecule has 0 aliphatic rings. The van der Waals surface area contributed by atoms with E-state index in [2.05, 4.69) is 72.8 Å². The van der Waals surface area contributed by atoms with E-state index in [1.165, 1.54) is 16.2 Å². The van der Waals surface area contributed by atoms with Crippen LogP contribution < -0.4 is 0 Å². The summed E-state index contributed by atoms with van der Waals surface area (Å²) in [6, 6.07) is 31.4. The van der Waals surface area contributed by atoms with Gasteiger partial charge < -0.3 is 4.42 Å². The Balaban J connectivity index is 1.64. The van der Waals surface area contributed by atoms with Crippen molar-refractivity contribution in [1.29, 1.82) is 0 Å². The molecule has 6 aromatic rings. The normalized spacial score (nSPS) is 11.7. The summed E-state index contributed by atoms with van der Waals surface area (Å²) in [5.74, 6) is 0. The minimum atomic E-state index is 0.895. The fourth-order valence-electron chi connectivity index (χ4n) is 3.98. The van der Waals surface area contributed by atoms with Gasteiger partial charge in [0.05, 0.1) is 11.2 Å². The van der Waals surface area contributed by atoms with Gasteiger partial charge in [-0.05, 0) is 35.0 Å². The predicted octanol–water partition coefficient (Wildman–Crippen LogP) is 6.95. The van der Waals surface area contributed by atoms with Crippen LogP contribution in [0.2, 0.25) is 0 Å². The molecule has 0 radical (unpaired) electrons. The largest absolute Gasteiger partial charge is 0.455 e. The number of benzene rings is 4. The summed E-state index contributed by atoms with van der Waals surface area (Å²) in [5, 5.41) is 5.91. The van der Waals surface area contributed by atoms with Gasteiger partial charge in [-0.2, -0.15) is 0 Å². The number of pyridine rings is 1. The van der Waals surface area contributed by atoms with Crippen molar-refractivity contribution in [1.82, 2.24) is 4.98 Å². The second kappa shape index (κ2) is 5.42. The third kappa shape index (κ3) is 2.10. The molecule has 6 rings (SSSR count). The molecule has 0 saturated carbocycles. The highest BCUT2D eigenvalue weighted by Gasteiger charge is 2.13. The average molecular weight is 345 g/mol. The molecule has 0 atom stereocenters. The van der Waals surface area contributed by atoms with E-state index in [-0.39, 0.29) is 0 Å². The van der Waals surface area contributed by atoms with E-state index in [1.807, 2.05) is 18.2 Å². The first-order valence-electron chi connectivity index (χ1n) is 9.08. The van der Waals surface area contributed by atoms with E-state index >= 15 is 0 Å². The van der Waals surface area contributed by atoms with Gasteiger partial charge in [0.2, 0.25) is 0 Å². The molecule has 0 spiro atoms. The first kappa shape index (κ1) is 14.5. The van der Waals surface area contributed by atoms with Gasteiger partial charge in [0.15, 0.2) is 0 Å². The summed E-state index contributed by atoms with van der Waals surface area (Å²) in [6.45, 7) is 0. The number of aromatic nitrogens is 1. The molecular weight excluding hydrogens is 330 g/mol. The zero-order valence-corrected chi connectivity index (χ0v) is 14.5. The lowest BCUT2D eigenvalue weighted by atomic mass is 10.0. The summed E-state index contributed by atoms with van der Waals surface area (Å²) in [5.41, 5.74) is 4.76. The van der Waals surface area contributed by atoms with Crippen molar-refractivity contribution in [2.75, 3.05) is 0 Å². The lowest BCUT2D eigenvalue weighted by molar-refractivity contribution is 0.670. The number of nitrogens with zero attached hydrogens (tertiary/aromatic N) is 1. The maximum atomic E-state index is 6.18. The van der Waals surface area contributed by atoms with Crippen molar-refractivity contribution in [2.45, 2.75) is 0 Å². The molecule has 0 unspecified atom stereocenters. The number of para-hydroxylation sites is 2. The van der Waals surface area contributed by atoms with Crippen LogP contribution in [0.15, 0.2) is 95.4 Å². The van der Waals surface area contributed by atoms with Gasteiger partial charge in [0, 0.05) is 21.7 Å². The standard InChI is InChI=1S/C25H15NO/c1-2-7-17-16(6-1)12-14-22-18(17)13-15-23(26-22)21-10-5-9-20-19-8-3-4-11-24(19)27-25(20)21/h1-15H. The Kier molecular flexibility index (Phi) is 2.91. The van der Waals surface area contributed by atoms with E-state index in [0.29, 0.717) is 0 Å². The summed E-state index contributed by atoms with van der Waals surface area (Å²) < 4.78 is 6.18. The zero-order valence-electron chi connectivity index (χ0n) is 14.5. The van der Waals surface area contributed by atoms with E-state index < -0.39 is 0 Å². The van der Waals surface area contributed by atoms with Gasteiger partial charge in [-0.1, -0.05) is 66.7 Å². The number of furan rings is 1. The van der Waals surface area contributed by atoms with Crippen molar-refractivity contribution >= 4 is 43.6 Å². The molecule has 126 valence electrons. The van der Waals surface area contributed by atoms with Crippen molar-refractivity contribution in [3.63, 3.8) is 0 Å². The molecule has 4 aromatic carbocycles. The Labute approximate surface area is 155 Å². The Morgan fingerprint density at radius 1 is 0.556 bits per heavy atom. The maximum absolute atomic E-state index is 6.18. The Hall–Kier alpha value is -3.65. The highest BCUT2D eigenvalue weighted by Crippen LogP contribution is 2.36. The highest BCUT2D eigenvalue weighted by atomic mass is 16.3. The van der Waals surface area contributed by atoms with Crippen LogP contribution in [0.1, 0.15) is 0 Å². The average Bonchev–Trinajstić information content (AvgIpc) is 3.12. The van der Waals surface area contributed by atoms with Gasteiger partial charge in [-0.25, -0.2) is 4.98 Å². The number of fused-ring (bicyclic) bond motifs is 6. The Morgan fingerprint density at radius 2 is 1.37 bits per heavy atom. The maximum Gasteiger partial charge on any atom is 0.144 e. The van der Waals surface area contributed by atoms with Crippen molar-refractivity contribution in [3.05, 3.63) is 91.0 Å². The van der Waals surface area contributed by atoms with Crippen LogP contribution in [0.5, 0.6) is 0 Å². The fourth-order valence-corrected chi connectivity index (χ4v) is 3.98. The van der Waals surface area contributed by atoms with Gasteiger partial charge in [0.1, 0.15) is 11.2 Å². The molecule has 27 heavy (non-hydrogen) atoms. The molecule has 0 saturated heterocycles. The smallest absolute Gasteiger partial charge is 0.144 e. The third-order valence-electron chi connectivity index (χ3n) is 5.28. The van der Waals surface area contributed by atoms with E-state index in [4.69, 9.17) is 9.40 Å². The van der Waals surface area contributed by atoms with Crippen LogP contribution in [-0.4, -0.2) is 4.98 Å². The molecule has 0 aliphatic carbocycles. The first-order chi connectivity index (χ1) is 13.4. The summed E-state index contributed by atoms with van der Waals surface area (Å²) in [6.07, 6.45) is 0. The molecular formula is C25H15NO. The molecule has 0 bridgehead atoms. The molecule has 0 N–H and O–H groups in total. The SMILES string of the molecule is c1ccc2c(c1)ccc1nc(-c3cccc4c3oc3ccccc34)ccc12. The van der Waals surface area contributed by atoms with Crippen LogP contribution in [-0.2, 0) is 0 Å². The van der Waals surface area contributed by atoms with Crippen LogP contribution in [0.4, 0.5) is 0 Å². The predicted molar refractivity (Wildman–Crippen MR) is 112 cm³/mol. The first-order valence-corrected chi connectivity index (χ1v) is 9.08. The Bertz CT molecular complexity index is 1480. The van der Waals surface area contributed by atoms with Crippen molar-refractivity contribution in [3.8, 4) is 11.3 Å². The minimum Gasteiger partial charge on any atom is -0.455 e. The molecule has 2 nitrogen and oxygen atoms in total. The molecule has 0 aliphatic heterocycles. The fraction of sp³-hybridized carbons (Fsp3) is 0. The minimum absolute atomic E-state index is 0.895. The summed E-state index contributed by atoms with van der Waals surface area (Å²) in [7, 11) is 0. The van der Waals surface area contributed by atoms with Gasteiger partial charge in [-0.3, -0.25) is 0 Å². The zero-order chi connectivity index (χ0) is 17.8. The Morgan fingerprint density at radius 3 is 2.33 bits per heavy atom. The van der Waals surface area contributed by atoms with E-state index in [9.17, 15) is 0 Å². The van der Waals surface area contributed by atoms with Gasteiger partial charge in [-0.15, -0.1) is 0 Å². The lowest BCUT2D eigenvalue weighted by Crippen LogP contribution is -1.87. The third-order valence-corrected chi connectivity index (χ3v) is 5.28. The summed E-state index contributed by atoms with van der Waals surface area (Å²) in [4.78, 5) is 4.96. The molecule has 2 heteroatoms. The number of hydrogen-bond donors (Lipinski definition) is 0. The van der Waals surface area contributed by atoms with Gasteiger partial charge in [0.25, 0.3) is 0 Å². The molecule has 0 fully saturated rings. The number of hydrogen-bond acceptors (Lipinski definition) is 2. The second-order valence-electron chi connectivity index (χ2n) is 6.83. The van der Waals surface area contributed by atoms with E-state index in [0.717, 1.165) is 38.7 Å². The van der Waals surface area contributed by atoms with Crippen LogP contribution in [0.3, 0.4) is 0 Å². The van der Waals surface area contributed by atoms with Crippen molar-refractivity contribution in [2.24, 2.45) is 0 Å². The molecule has 2 aromatic heterocycles. The summed E-state index contributed by atoms with van der Waals surface area (Å²) >= 11 is 0. The van der Waals surface area contributed by atoms with Crippen LogP contribution >= 0.6 is 0 Å². The molecule has 0 amide bonds. The second-order valence-corrected chi connectivity index (χ2v) is 6.83. The molecule has 2 heterocycles. The highest BCUT2D eigenvalue weighted by molar-refractivity contribution is 6.10. The lowest BCUT2D eigenvalue weighted by Gasteiger charge is -2.07. The topological polar surface area (TPSA) is 26.0 Å². The number of rotatable bonds is 1. The quantitative estimate of drug-likeness (QED) is 0.301. The van der Waals surface area contributed by atoms with E-state index in [1.54, 1.807) is 0 Å². The van der Waals surface area contributed by atoms with Crippen molar-refractivity contribution < 1.29 is 4.42 Å². The van der Waals surface area contributed by atoms with Crippen LogP contribution in [0.25, 0.3) is 54.9 Å². The van der Waals surface area contributed by atoms with Crippen LogP contribution in [0, 0.1) is 0 Å². The monoisotopic (exact) mass is 345 g/mol.